The van der Waals surface area contributed by atoms with Crippen molar-refractivity contribution in [1.82, 2.24) is 4.90 Å². The van der Waals surface area contributed by atoms with Crippen molar-refractivity contribution in [2.24, 2.45) is 0 Å². The lowest BCUT2D eigenvalue weighted by molar-refractivity contribution is 0.0926. The van der Waals surface area contributed by atoms with Crippen LogP contribution in [-0.2, 0) is 9.84 Å². The van der Waals surface area contributed by atoms with Crippen molar-refractivity contribution in [2.45, 2.75) is 19.4 Å². The van der Waals surface area contributed by atoms with E-state index in [1.54, 1.807) is 0 Å². The number of likely N-dealkylation sites (N-methyl/N-ethyl adjacent to an activating group) is 1. The molecular weight excluding hydrogens is 262 g/mol. The molecule has 1 aromatic carbocycles. The van der Waals surface area contributed by atoms with E-state index in [4.69, 9.17) is 0 Å². The maximum Gasteiger partial charge on any atom is 0.177 e. The van der Waals surface area contributed by atoms with Crippen LogP contribution in [0.3, 0.4) is 0 Å². The second-order valence-electron chi connectivity index (χ2n) is 5.21. The van der Waals surface area contributed by atoms with E-state index in [0.29, 0.717) is 6.42 Å². The molecule has 0 aliphatic carbocycles. The highest BCUT2D eigenvalue weighted by atomic mass is 32.2. The third kappa shape index (κ3) is 3.42. The maximum atomic E-state index is 12.2. The van der Waals surface area contributed by atoms with Gasteiger partial charge in [0.15, 0.2) is 15.6 Å². The molecular formula is C14H19NO3S. The molecule has 1 saturated heterocycles. The van der Waals surface area contributed by atoms with Gasteiger partial charge < -0.3 is 0 Å². The number of Topliss-reactive ketones (excluding diaryl/α,β-unsaturated/α-hetero) is 1. The lowest BCUT2D eigenvalue weighted by Gasteiger charge is -2.22. The van der Waals surface area contributed by atoms with E-state index in [1.165, 1.54) is 0 Å². The molecule has 0 amide bonds. The molecule has 0 N–H and O–H groups in total. The van der Waals surface area contributed by atoms with Gasteiger partial charge in [0.1, 0.15) is 0 Å². The topological polar surface area (TPSA) is 54.5 Å². The number of sulfone groups is 1. The molecule has 2 rings (SSSR count). The van der Waals surface area contributed by atoms with Gasteiger partial charge in [0, 0.05) is 11.6 Å². The minimum atomic E-state index is -2.90. The number of rotatable bonds is 4. The summed E-state index contributed by atoms with van der Waals surface area (Å²) >= 11 is 0. The molecule has 1 atom stereocenters. The summed E-state index contributed by atoms with van der Waals surface area (Å²) in [5.74, 6) is 0.454. The third-order valence-corrected chi connectivity index (χ3v) is 5.42. The van der Waals surface area contributed by atoms with Crippen molar-refractivity contribution >= 4 is 15.6 Å². The molecule has 1 aromatic rings. The summed E-state index contributed by atoms with van der Waals surface area (Å²) in [6, 6.07) is 7.45. The average molecular weight is 281 g/mol. The zero-order valence-corrected chi connectivity index (χ0v) is 12.1. The quantitative estimate of drug-likeness (QED) is 0.781. The van der Waals surface area contributed by atoms with E-state index in [9.17, 15) is 13.2 Å². The van der Waals surface area contributed by atoms with E-state index in [0.717, 1.165) is 11.1 Å². The number of hydrogen-bond acceptors (Lipinski definition) is 4. The van der Waals surface area contributed by atoms with Crippen LogP contribution in [-0.4, -0.2) is 50.2 Å². The molecule has 0 saturated carbocycles. The lowest BCUT2D eigenvalue weighted by atomic mass is 10.0. The monoisotopic (exact) mass is 281 g/mol. The summed E-state index contributed by atoms with van der Waals surface area (Å²) in [7, 11) is -1.08. The highest BCUT2D eigenvalue weighted by Gasteiger charge is 2.31. The first-order chi connectivity index (χ1) is 8.89. The summed E-state index contributed by atoms with van der Waals surface area (Å²) in [5.41, 5.74) is 1.68. The summed E-state index contributed by atoms with van der Waals surface area (Å²) in [4.78, 5) is 14.1. The van der Waals surface area contributed by atoms with Crippen molar-refractivity contribution < 1.29 is 13.2 Å². The van der Waals surface area contributed by atoms with Crippen LogP contribution in [0.25, 0.3) is 0 Å². The molecule has 104 valence electrons. The zero-order chi connectivity index (χ0) is 14.0. The summed E-state index contributed by atoms with van der Waals surface area (Å²) in [6.07, 6.45) is 0.625. The van der Waals surface area contributed by atoms with Gasteiger partial charge in [0.2, 0.25) is 0 Å². The SMILES string of the molecule is Cc1ccccc1C(=O)CN(C)C1CCS(=O)(=O)C1. The predicted molar refractivity (Wildman–Crippen MR) is 75.2 cm³/mol. The van der Waals surface area contributed by atoms with Crippen LogP contribution in [0, 0.1) is 6.92 Å². The van der Waals surface area contributed by atoms with E-state index in [1.807, 2.05) is 43.1 Å². The van der Waals surface area contributed by atoms with Gasteiger partial charge in [0.25, 0.3) is 0 Å². The van der Waals surface area contributed by atoms with Crippen molar-refractivity contribution in [3.63, 3.8) is 0 Å². The van der Waals surface area contributed by atoms with Gasteiger partial charge in [-0.05, 0) is 26.0 Å². The molecule has 1 aliphatic rings. The first kappa shape index (κ1) is 14.2. The fourth-order valence-electron chi connectivity index (χ4n) is 2.45. The largest absolute Gasteiger partial charge is 0.295 e. The molecule has 5 heteroatoms. The average Bonchev–Trinajstić information content (AvgIpc) is 2.70. The Morgan fingerprint density at radius 2 is 2.05 bits per heavy atom. The van der Waals surface area contributed by atoms with Gasteiger partial charge in [-0.15, -0.1) is 0 Å². The minimum absolute atomic E-state index is 0.0297. The van der Waals surface area contributed by atoms with Crippen molar-refractivity contribution in [3.8, 4) is 0 Å². The van der Waals surface area contributed by atoms with Crippen molar-refractivity contribution in [2.75, 3.05) is 25.1 Å². The minimum Gasteiger partial charge on any atom is -0.295 e. The summed E-state index contributed by atoms with van der Waals surface area (Å²) in [5, 5.41) is 0. The predicted octanol–water partition coefficient (Wildman–Crippen LogP) is 1.30. The molecule has 1 aliphatic heterocycles. The van der Waals surface area contributed by atoms with Gasteiger partial charge in [0.05, 0.1) is 18.1 Å². The van der Waals surface area contributed by atoms with Crippen LogP contribution in [0.15, 0.2) is 24.3 Å². The molecule has 0 aromatic heterocycles. The number of carbonyl (C=O) groups is 1. The van der Waals surface area contributed by atoms with Crippen LogP contribution < -0.4 is 0 Å². The standard InChI is InChI=1S/C14H19NO3S/c1-11-5-3-4-6-13(11)14(16)9-15(2)12-7-8-19(17,18)10-12/h3-6,12H,7-10H2,1-2H3. The maximum absolute atomic E-state index is 12.2. The molecule has 0 bridgehead atoms. The normalized spacial score (nSPS) is 21.7. The highest BCUT2D eigenvalue weighted by molar-refractivity contribution is 7.91. The molecule has 0 spiro atoms. The van der Waals surface area contributed by atoms with Gasteiger partial charge in [-0.3, -0.25) is 9.69 Å². The summed E-state index contributed by atoms with van der Waals surface area (Å²) in [6.45, 7) is 2.18. The molecule has 1 unspecified atom stereocenters. The smallest absolute Gasteiger partial charge is 0.177 e. The van der Waals surface area contributed by atoms with Crippen LogP contribution in [0.1, 0.15) is 22.3 Å². The van der Waals surface area contributed by atoms with Crippen molar-refractivity contribution in [3.05, 3.63) is 35.4 Å². The van der Waals surface area contributed by atoms with Crippen molar-refractivity contribution in [1.29, 1.82) is 0 Å². The Labute approximate surface area is 114 Å². The molecule has 4 nitrogen and oxygen atoms in total. The van der Waals surface area contributed by atoms with Gasteiger partial charge in [-0.1, -0.05) is 24.3 Å². The van der Waals surface area contributed by atoms with Gasteiger partial charge >= 0.3 is 0 Å². The molecule has 1 fully saturated rings. The molecule has 0 radical (unpaired) electrons. The number of benzene rings is 1. The van der Waals surface area contributed by atoms with Crippen LogP contribution >= 0.6 is 0 Å². The number of aryl methyl sites for hydroxylation is 1. The third-order valence-electron chi connectivity index (χ3n) is 3.67. The Hall–Kier alpha value is -1.20. The number of ketones is 1. The van der Waals surface area contributed by atoms with Gasteiger partial charge in [-0.25, -0.2) is 8.42 Å². The number of carbonyl (C=O) groups excluding carboxylic acids is 1. The van der Waals surface area contributed by atoms with E-state index in [-0.39, 0.29) is 29.9 Å². The second-order valence-corrected chi connectivity index (χ2v) is 7.44. The Morgan fingerprint density at radius 1 is 1.37 bits per heavy atom. The van der Waals surface area contributed by atoms with E-state index in [2.05, 4.69) is 0 Å². The highest BCUT2D eigenvalue weighted by Crippen LogP contribution is 2.17. The lowest BCUT2D eigenvalue weighted by Crippen LogP contribution is -2.36. The Morgan fingerprint density at radius 3 is 2.63 bits per heavy atom. The summed E-state index contributed by atoms with van der Waals surface area (Å²) < 4.78 is 22.9. The molecule has 19 heavy (non-hydrogen) atoms. The first-order valence-corrected chi connectivity index (χ1v) is 8.21. The number of nitrogens with zero attached hydrogens (tertiary/aromatic N) is 1. The fraction of sp³-hybridized carbons (Fsp3) is 0.500. The number of hydrogen-bond donors (Lipinski definition) is 0. The van der Waals surface area contributed by atoms with E-state index < -0.39 is 9.84 Å². The van der Waals surface area contributed by atoms with Crippen LogP contribution in [0.4, 0.5) is 0 Å². The fourth-order valence-corrected chi connectivity index (χ4v) is 4.25. The Kier molecular flexibility index (Phi) is 4.06. The van der Waals surface area contributed by atoms with Crippen LogP contribution in [0.2, 0.25) is 0 Å². The Bertz CT molecular complexity index is 580. The van der Waals surface area contributed by atoms with Gasteiger partial charge in [-0.2, -0.15) is 0 Å². The first-order valence-electron chi connectivity index (χ1n) is 6.38. The van der Waals surface area contributed by atoms with E-state index >= 15 is 0 Å². The second kappa shape index (κ2) is 5.43. The molecule has 1 heterocycles. The zero-order valence-electron chi connectivity index (χ0n) is 11.3. The van der Waals surface area contributed by atoms with Crippen LogP contribution in [0.5, 0.6) is 0 Å². The Balaban J connectivity index is 2.02.